The lowest BCUT2D eigenvalue weighted by Gasteiger charge is -2.24. The van der Waals surface area contributed by atoms with Gasteiger partial charge in [0, 0.05) is 0 Å². The third-order valence-corrected chi connectivity index (χ3v) is 2.47. The molecule has 228 valence electrons. The number of carboxylic acid groups (broad SMARTS) is 6. The van der Waals surface area contributed by atoms with Crippen molar-refractivity contribution in [3.8, 4) is 0 Å². The molecule has 39 heavy (non-hydrogen) atoms. The molecule has 0 saturated heterocycles. The first-order valence-electron chi connectivity index (χ1n) is 8.77. The lowest BCUT2D eigenvalue weighted by molar-refractivity contribution is -0.123. The molecule has 24 heteroatoms. The van der Waals surface area contributed by atoms with Gasteiger partial charge in [0.1, 0.15) is 40.4 Å². The summed E-state index contributed by atoms with van der Waals surface area (Å²) in [7, 11) is 0. The molecule has 1 aromatic heterocycles. The van der Waals surface area contributed by atoms with E-state index in [-0.39, 0.29) is 56.7 Å². The molecule has 0 saturated carbocycles. The Morgan fingerprint density at radius 1 is 0.385 bits per heavy atom. The van der Waals surface area contributed by atoms with Crippen molar-refractivity contribution in [2.45, 2.75) is 0 Å². The number of aromatic nitrogens is 3. The lowest BCUT2D eigenvalue weighted by atomic mass is 10.6. The highest BCUT2D eigenvalue weighted by Gasteiger charge is 2.18. The lowest BCUT2D eigenvalue weighted by Crippen LogP contribution is -2.34. The highest BCUT2D eigenvalue weighted by molar-refractivity contribution is 5.45. The van der Waals surface area contributed by atoms with Gasteiger partial charge in [0.25, 0.3) is 38.8 Å². The van der Waals surface area contributed by atoms with Crippen molar-refractivity contribution in [3.05, 3.63) is 0 Å². The van der Waals surface area contributed by atoms with Crippen LogP contribution in [0, 0.1) is 0 Å². The molecule has 0 bridgehead atoms. The van der Waals surface area contributed by atoms with E-state index in [1.54, 1.807) is 0 Å². The molecule has 1 aromatic rings. The fourth-order valence-corrected chi connectivity index (χ4v) is 1.28. The van der Waals surface area contributed by atoms with E-state index < -0.39 is 40.4 Å². The fourth-order valence-electron chi connectivity index (χ4n) is 1.28. The van der Waals surface area contributed by atoms with Crippen molar-refractivity contribution in [1.29, 1.82) is 0 Å². The monoisotopic (exact) mass is 582 g/mol. The van der Waals surface area contributed by atoms with Gasteiger partial charge >= 0.3 is 0 Å². The van der Waals surface area contributed by atoms with Crippen molar-refractivity contribution >= 4 is 56.7 Å². The summed E-state index contributed by atoms with van der Waals surface area (Å²) in [6.45, 7) is -5.11. The van der Waals surface area contributed by atoms with Gasteiger partial charge in [-0.05, 0) is 0 Å². The first kappa shape index (κ1) is 47.2. The molecule has 0 fully saturated rings. The highest BCUT2D eigenvalue weighted by atomic mass is 16.4. The number of hydrogen-bond donors (Lipinski definition) is 12. The minimum Gasteiger partial charge on any atom is -0.483 e. The highest BCUT2D eigenvalue weighted by Crippen LogP contribution is 2.18. The molecule has 24 nitrogen and oxygen atoms in total. The van der Waals surface area contributed by atoms with E-state index in [0.29, 0.717) is 0 Å². The van der Waals surface area contributed by atoms with Crippen LogP contribution in [-0.4, -0.2) is 155 Å². The van der Waals surface area contributed by atoms with Crippen LogP contribution in [0.25, 0.3) is 0 Å². The maximum absolute atomic E-state index is 9.11. The quantitative estimate of drug-likeness (QED) is 0.0952. The summed E-state index contributed by atoms with van der Waals surface area (Å²) in [5.74, 6) is -0.503. The number of aliphatic hydroxyl groups is 6. The van der Waals surface area contributed by atoms with Crippen LogP contribution in [0.5, 0.6) is 0 Å². The summed E-state index contributed by atoms with van der Waals surface area (Å²) in [4.78, 5) is 64.6. The van der Waals surface area contributed by atoms with Gasteiger partial charge < -0.3 is 61.3 Å². The Balaban J connectivity index is -0.000000124. The zero-order valence-corrected chi connectivity index (χ0v) is 19.7. The first-order valence-corrected chi connectivity index (χ1v) is 8.77. The van der Waals surface area contributed by atoms with Crippen LogP contribution >= 0.6 is 0 Å². The van der Waals surface area contributed by atoms with Gasteiger partial charge in [-0.15, -0.1) is 0 Å². The molecule has 1 heterocycles. The standard InChI is InChI=1S/C9H18N6O6.6CH2O2/c16-1-13(2-17)7-10-8(14(3-18)4-19)12-9(11-7)15(5-20)6-21;6*2-1-3/h16-21H,1-6H2;6*1H,(H,2,3). The van der Waals surface area contributed by atoms with E-state index in [0.717, 1.165) is 14.7 Å². The van der Waals surface area contributed by atoms with E-state index >= 15 is 0 Å². The third kappa shape index (κ3) is 33.0. The Labute approximate surface area is 217 Å². The molecule has 0 atom stereocenters. The second kappa shape index (κ2) is 43.1. The maximum atomic E-state index is 9.11. The molecule has 0 spiro atoms. The van der Waals surface area contributed by atoms with Gasteiger partial charge in [-0.3, -0.25) is 43.5 Å². The molecular formula is C15H30N6O18. The van der Waals surface area contributed by atoms with Gasteiger partial charge in [0.15, 0.2) is 0 Å². The summed E-state index contributed by atoms with van der Waals surface area (Å²) in [5, 5.41) is 96.0. The van der Waals surface area contributed by atoms with Crippen LogP contribution < -0.4 is 14.7 Å². The third-order valence-electron chi connectivity index (χ3n) is 2.47. The van der Waals surface area contributed by atoms with Gasteiger partial charge in [0.05, 0.1) is 0 Å². The summed E-state index contributed by atoms with van der Waals surface area (Å²) in [6.07, 6.45) is 0. The van der Waals surface area contributed by atoms with Gasteiger partial charge in [-0.25, -0.2) is 0 Å². The Morgan fingerprint density at radius 3 is 0.564 bits per heavy atom. The number of nitrogens with zero attached hydrogens (tertiary/aromatic N) is 6. The van der Waals surface area contributed by atoms with Gasteiger partial charge in [-0.1, -0.05) is 0 Å². The minimum atomic E-state index is -0.601. The second-order valence-corrected chi connectivity index (χ2v) is 4.34. The predicted octanol–water partition coefficient (Wildman–Crippen LogP) is -5.81. The molecule has 0 aromatic carbocycles. The van der Waals surface area contributed by atoms with Crippen LogP contribution in [0.2, 0.25) is 0 Å². The average Bonchev–Trinajstić information content (AvgIpc) is 2.89. The van der Waals surface area contributed by atoms with Gasteiger partial charge in [-0.2, -0.15) is 15.0 Å². The Morgan fingerprint density at radius 2 is 0.487 bits per heavy atom. The van der Waals surface area contributed by atoms with E-state index in [4.69, 9.17) is 90.0 Å². The smallest absolute Gasteiger partial charge is 0.290 e. The van der Waals surface area contributed by atoms with Crippen LogP contribution in [0.1, 0.15) is 0 Å². The molecule has 0 aliphatic carbocycles. The summed E-state index contributed by atoms with van der Waals surface area (Å²) in [5.41, 5.74) is 0. The molecule has 12 N–H and O–H groups in total. The SMILES string of the molecule is O=CO.O=CO.O=CO.O=CO.O=CO.O=CO.OCN(CO)c1nc(N(CO)CO)nc(N(CO)CO)n1. The molecule has 0 unspecified atom stereocenters. The molecule has 0 amide bonds. The molecule has 0 aliphatic rings. The number of anilines is 3. The van der Waals surface area contributed by atoms with Crippen molar-refractivity contribution in [2.24, 2.45) is 0 Å². The van der Waals surface area contributed by atoms with Crippen molar-refractivity contribution < 1.29 is 90.0 Å². The zero-order valence-electron chi connectivity index (χ0n) is 19.7. The van der Waals surface area contributed by atoms with Crippen molar-refractivity contribution in [3.63, 3.8) is 0 Å². The van der Waals surface area contributed by atoms with E-state index in [2.05, 4.69) is 15.0 Å². The molecule has 0 radical (unpaired) electrons. The average molecular weight is 582 g/mol. The summed E-state index contributed by atoms with van der Waals surface area (Å²) < 4.78 is 0. The van der Waals surface area contributed by atoms with Crippen LogP contribution in [0.4, 0.5) is 17.8 Å². The van der Waals surface area contributed by atoms with E-state index in [1.165, 1.54) is 0 Å². The Bertz CT molecular complexity index is 570. The second-order valence-electron chi connectivity index (χ2n) is 4.34. The Hall–Kier alpha value is -5.01. The largest absolute Gasteiger partial charge is 0.483 e. The number of hydrogen-bond acceptors (Lipinski definition) is 18. The van der Waals surface area contributed by atoms with Crippen molar-refractivity contribution in [1.82, 2.24) is 15.0 Å². The fraction of sp³-hybridized carbons (Fsp3) is 0.400. The van der Waals surface area contributed by atoms with E-state index in [1.807, 2.05) is 0 Å². The molecular weight excluding hydrogens is 552 g/mol. The van der Waals surface area contributed by atoms with Crippen LogP contribution in [-0.2, 0) is 28.8 Å². The topological polar surface area (TPSA) is 394 Å². The maximum Gasteiger partial charge on any atom is 0.290 e. The summed E-state index contributed by atoms with van der Waals surface area (Å²) in [6, 6.07) is 0. The first-order chi connectivity index (χ1) is 18.6. The predicted molar refractivity (Wildman–Crippen MR) is 122 cm³/mol. The van der Waals surface area contributed by atoms with Crippen LogP contribution in [0.3, 0.4) is 0 Å². The van der Waals surface area contributed by atoms with Crippen LogP contribution in [0.15, 0.2) is 0 Å². The zero-order chi connectivity index (χ0) is 32.1. The summed E-state index contributed by atoms with van der Waals surface area (Å²) >= 11 is 0. The number of carbonyl (C=O) groups is 6. The Kier molecular flexibility index (Phi) is 52.2. The van der Waals surface area contributed by atoms with E-state index in [9.17, 15) is 0 Å². The van der Waals surface area contributed by atoms with Crippen molar-refractivity contribution in [2.75, 3.05) is 55.1 Å². The number of rotatable bonds is 9. The minimum absolute atomic E-state index is 0.168. The van der Waals surface area contributed by atoms with Gasteiger partial charge in [0.2, 0.25) is 17.8 Å². The molecule has 1 rings (SSSR count). The number of aliphatic hydroxyl groups excluding tert-OH is 6. The normalized spacial score (nSPS) is 7.54. The molecule has 0 aliphatic heterocycles.